The largest absolute Gasteiger partial charge is 0.450 e. The van der Waals surface area contributed by atoms with E-state index in [4.69, 9.17) is 15.6 Å². The number of piperidine rings is 1. The summed E-state index contributed by atoms with van der Waals surface area (Å²) in [4.78, 5) is 13.0. The van der Waals surface area contributed by atoms with E-state index in [0.29, 0.717) is 6.61 Å². The minimum Gasteiger partial charge on any atom is -0.450 e. The number of carbonyl (C=O) groups is 1. The van der Waals surface area contributed by atoms with Crippen molar-refractivity contribution in [3.05, 3.63) is 0 Å². The number of amides is 1. The molecule has 1 heterocycles. The van der Waals surface area contributed by atoms with Crippen LogP contribution >= 0.6 is 0 Å². The SMILES string of the molecule is CCOC(=O)N1C2C(N)CC(CO)C21. The van der Waals surface area contributed by atoms with Crippen LogP contribution in [-0.2, 0) is 4.74 Å². The van der Waals surface area contributed by atoms with Crippen LogP contribution in [0.1, 0.15) is 13.3 Å². The van der Waals surface area contributed by atoms with Crippen LogP contribution in [-0.4, -0.2) is 47.4 Å². The van der Waals surface area contributed by atoms with Gasteiger partial charge in [-0.05, 0) is 13.3 Å². The lowest BCUT2D eigenvalue weighted by molar-refractivity contribution is 0.120. The molecular formula is C9H16N2O3. The van der Waals surface area contributed by atoms with Gasteiger partial charge in [0.15, 0.2) is 0 Å². The summed E-state index contributed by atoms with van der Waals surface area (Å²) < 4.78 is 4.89. The zero-order valence-electron chi connectivity index (χ0n) is 8.22. The molecule has 4 unspecified atom stereocenters. The lowest BCUT2D eigenvalue weighted by Crippen LogP contribution is -2.32. The molecule has 1 saturated carbocycles. The highest BCUT2D eigenvalue weighted by atomic mass is 16.6. The fourth-order valence-electron chi connectivity index (χ4n) is 2.49. The van der Waals surface area contributed by atoms with Crippen LogP contribution in [0.2, 0.25) is 0 Å². The predicted molar refractivity (Wildman–Crippen MR) is 49.6 cm³/mol. The highest BCUT2D eigenvalue weighted by Crippen LogP contribution is 2.45. The maximum absolute atomic E-state index is 11.4. The molecule has 2 fully saturated rings. The Morgan fingerprint density at radius 3 is 2.93 bits per heavy atom. The van der Waals surface area contributed by atoms with Crippen molar-refractivity contribution in [2.24, 2.45) is 11.7 Å². The summed E-state index contributed by atoms with van der Waals surface area (Å²) in [5.41, 5.74) is 5.85. The number of aliphatic hydroxyl groups is 1. The monoisotopic (exact) mass is 200 g/mol. The van der Waals surface area contributed by atoms with Crippen LogP contribution in [0, 0.1) is 5.92 Å². The van der Waals surface area contributed by atoms with Crippen LogP contribution in [0.3, 0.4) is 0 Å². The minimum atomic E-state index is -0.295. The van der Waals surface area contributed by atoms with Gasteiger partial charge in [0, 0.05) is 18.6 Å². The molecule has 0 aromatic carbocycles. The number of carbonyl (C=O) groups excluding carboxylic acids is 1. The number of fused-ring (bicyclic) bond motifs is 1. The van der Waals surface area contributed by atoms with Gasteiger partial charge in [-0.3, -0.25) is 4.90 Å². The van der Waals surface area contributed by atoms with E-state index in [2.05, 4.69) is 0 Å². The Bertz CT molecular complexity index is 246. The van der Waals surface area contributed by atoms with Crippen LogP contribution in [0.4, 0.5) is 4.79 Å². The third kappa shape index (κ3) is 1.27. The van der Waals surface area contributed by atoms with Gasteiger partial charge in [-0.25, -0.2) is 4.79 Å². The first-order chi connectivity index (χ1) is 6.70. The number of rotatable bonds is 2. The number of likely N-dealkylation sites (tertiary alicyclic amines) is 1. The molecule has 0 aromatic rings. The number of hydrogen-bond acceptors (Lipinski definition) is 4. The number of nitrogens with two attached hydrogens (primary N) is 1. The number of ether oxygens (including phenoxy) is 1. The molecule has 14 heavy (non-hydrogen) atoms. The molecule has 5 heteroatoms. The van der Waals surface area contributed by atoms with Crippen molar-refractivity contribution >= 4 is 6.09 Å². The van der Waals surface area contributed by atoms with Gasteiger partial charge in [0.2, 0.25) is 0 Å². The van der Waals surface area contributed by atoms with Gasteiger partial charge < -0.3 is 15.6 Å². The molecule has 1 saturated heterocycles. The van der Waals surface area contributed by atoms with E-state index in [0.717, 1.165) is 6.42 Å². The van der Waals surface area contributed by atoms with Crippen molar-refractivity contribution < 1.29 is 14.6 Å². The second-order valence-corrected chi connectivity index (χ2v) is 3.93. The Balaban J connectivity index is 1.97. The first-order valence-electron chi connectivity index (χ1n) is 5.02. The van der Waals surface area contributed by atoms with Gasteiger partial charge in [0.1, 0.15) is 0 Å². The molecule has 0 bridgehead atoms. The van der Waals surface area contributed by atoms with E-state index in [-0.39, 0.29) is 36.7 Å². The molecular weight excluding hydrogens is 184 g/mol. The summed E-state index contributed by atoms with van der Waals surface area (Å²) in [6.45, 7) is 2.26. The Morgan fingerprint density at radius 1 is 1.64 bits per heavy atom. The Morgan fingerprint density at radius 2 is 2.36 bits per heavy atom. The average molecular weight is 200 g/mol. The minimum absolute atomic E-state index is 0.00144. The smallest absolute Gasteiger partial charge is 0.410 e. The lowest BCUT2D eigenvalue weighted by atomic mass is 10.1. The van der Waals surface area contributed by atoms with Crippen LogP contribution in [0.5, 0.6) is 0 Å². The fraction of sp³-hybridized carbons (Fsp3) is 0.889. The normalized spacial score (nSPS) is 39.5. The standard InChI is InChI=1S/C9H16N2O3/c1-2-14-9(13)11-7-5(4-12)3-6(10)8(7)11/h5-8,12H,2-4,10H2,1H3. The summed E-state index contributed by atoms with van der Waals surface area (Å²) in [6.07, 6.45) is 0.512. The Labute approximate surface area is 82.8 Å². The maximum atomic E-state index is 11.4. The number of hydrogen-bond donors (Lipinski definition) is 2. The zero-order chi connectivity index (χ0) is 10.3. The third-order valence-corrected chi connectivity index (χ3v) is 3.11. The molecule has 1 aliphatic heterocycles. The number of aliphatic hydroxyl groups excluding tert-OH is 1. The summed E-state index contributed by atoms with van der Waals surface area (Å²) in [6, 6.07) is 0.224. The van der Waals surface area contributed by atoms with Gasteiger partial charge in [-0.15, -0.1) is 0 Å². The van der Waals surface area contributed by atoms with Crippen molar-refractivity contribution in [1.29, 1.82) is 0 Å². The van der Waals surface area contributed by atoms with E-state index in [1.807, 2.05) is 0 Å². The molecule has 80 valence electrons. The van der Waals surface area contributed by atoms with E-state index in [1.165, 1.54) is 0 Å². The molecule has 2 aliphatic rings. The second kappa shape index (κ2) is 3.40. The molecule has 0 aromatic heterocycles. The molecule has 1 aliphatic carbocycles. The predicted octanol–water partition coefficient (Wildman–Crippen LogP) is -0.465. The third-order valence-electron chi connectivity index (χ3n) is 3.11. The van der Waals surface area contributed by atoms with Crippen molar-refractivity contribution in [1.82, 2.24) is 4.90 Å². The van der Waals surface area contributed by atoms with Crippen LogP contribution in [0.15, 0.2) is 0 Å². The molecule has 0 spiro atoms. The van der Waals surface area contributed by atoms with Gasteiger partial charge in [0.05, 0.1) is 18.7 Å². The summed E-state index contributed by atoms with van der Waals surface area (Å²) in [5.74, 6) is 0.138. The number of nitrogens with zero attached hydrogens (tertiary/aromatic N) is 1. The highest BCUT2D eigenvalue weighted by molar-refractivity contribution is 5.73. The van der Waals surface area contributed by atoms with E-state index < -0.39 is 0 Å². The quantitative estimate of drug-likeness (QED) is 0.591. The first kappa shape index (κ1) is 9.73. The van der Waals surface area contributed by atoms with E-state index in [9.17, 15) is 4.79 Å². The second-order valence-electron chi connectivity index (χ2n) is 3.93. The molecule has 4 atom stereocenters. The van der Waals surface area contributed by atoms with Gasteiger partial charge in [-0.2, -0.15) is 0 Å². The van der Waals surface area contributed by atoms with Crippen LogP contribution < -0.4 is 5.73 Å². The molecule has 1 amide bonds. The summed E-state index contributed by atoms with van der Waals surface area (Å²) in [5, 5.41) is 9.08. The Hall–Kier alpha value is -0.810. The van der Waals surface area contributed by atoms with Crippen molar-refractivity contribution in [3.63, 3.8) is 0 Å². The lowest BCUT2D eigenvalue weighted by Gasteiger charge is -2.16. The molecule has 2 rings (SSSR count). The summed E-state index contributed by atoms with van der Waals surface area (Å²) >= 11 is 0. The topological polar surface area (TPSA) is 75.6 Å². The van der Waals surface area contributed by atoms with Crippen LogP contribution in [0.25, 0.3) is 0 Å². The highest BCUT2D eigenvalue weighted by Gasteiger charge is 2.63. The fourth-order valence-corrected chi connectivity index (χ4v) is 2.49. The van der Waals surface area contributed by atoms with E-state index in [1.54, 1.807) is 11.8 Å². The average Bonchev–Trinajstić information content (AvgIpc) is 2.81. The van der Waals surface area contributed by atoms with Gasteiger partial charge in [0.25, 0.3) is 0 Å². The van der Waals surface area contributed by atoms with Crippen molar-refractivity contribution in [2.45, 2.75) is 31.5 Å². The van der Waals surface area contributed by atoms with Crippen molar-refractivity contribution in [2.75, 3.05) is 13.2 Å². The maximum Gasteiger partial charge on any atom is 0.410 e. The zero-order valence-corrected chi connectivity index (χ0v) is 8.22. The Kier molecular flexibility index (Phi) is 2.36. The first-order valence-corrected chi connectivity index (χ1v) is 5.02. The molecule has 0 radical (unpaired) electrons. The molecule has 3 N–H and O–H groups in total. The molecule has 5 nitrogen and oxygen atoms in total. The van der Waals surface area contributed by atoms with Gasteiger partial charge in [-0.1, -0.05) is 0 Å². The van der Waals surface area contributed by atoms with Crippen molar-refractivity contribution in [3.8, 4) is 0 Å². The van der Waals surface area contributed by atoms with E-state index >= 15 is 0 Å². The summed E-state index contributed by atoms with van der Waals surface area (Å²) in [7, 11) is 0. The van der Waals surface area contributed by atoms with Gasteiger partial charge >= 0.3 is 6.09 Å².